The maximum atomic E-state index is 10.3. The summed E-state index contributed by atoms with van der Waals surface area (Å²) in [5.41, 5.74) is 3.63. The summed E-state index contributed by atoms with van der Waals surface area (Å²) in [7, 11) is 0. The molecule has 5 N–H and O–H groups in total. The number of anilines is 2. The lowest BCUT2D eigenvalue weighted by Crippen LogP contribution is -2.07. The molecule has 0 aromatic heterocycles. The van der Waals surface area contributed by atoms with E-state index in [-0.39, 0.29) is 0 Å². The number of hydrogen-bond donors (Lipinski definition) is 4. The predicted octanol–water partition coefficient (Wildman–Crippen LogP) is 0.521. The smallest absolute Gasteiger partial charge is 0.259 e. The van der Waals surface area contributed by atoms with E-state index in [2.05, 4.69) is 10.1 Å². The topological polar surface area (TPSA) is 87.4 Å². The maximum Gasteiger partial charge on any atom is 0.259 e. The van der Waals surface area contributed by atoms with Crippen molar-refractivity contribution in [1.29, 1.82) is 0 Å². The molecule has 0 aliphatic heterocycles. The molecule has 6 heteroatoms. The van der Waals surface area contributed by atoms with Crippen molar-refractivity contribution < 1.29 is 8.76 Å². The molecule has 0 saturated carbocycles. The lowest BCUT2D eigenvalue weighted by molar-refractivity contribution is 0.570. The van der Waals surface area contributed by atoms with Crippen LogP contribution in [0.2, 0.25) is 0 Å². The highest BCUT2D eigenvalue weighted by atomic mass is 32.2. The number of benzene rings is 1. The number of nitrogens with one attached hydrogen (secondary N) is 2. The highest BCUT2D eigenvalue weighted by Crippen LogP contribution is 2.13. The molecule has 1 unspecified atom stereocenters. The normalized spacial score (nSPS) is 12.2. The summed E-state index contributed by atoms with van der Waals surface area (Å²) in [5.74, 6) is 5.13. The van der Waals surface area contributed by atoms with E-state index < -0.39 is 11.3 Å². The summed E-state index contributed by atoms with van der Waals surface area (Å²) < 4.78 is 21.1. The van der Waals surface area contributed by atoms with Crippen LogP contribution in [0, 0.1) is 0 Å². The second kappa shape index (κ2) is 4.05. The Morgan fingerprint density at radius 3 is 2.67 bits per heavy atom. The third-order valence-electron chi connectivity index (χ3n) is 1.23. The summed E-state index contributed by atoms with van der Waals surface area (Å²) in [6, 6.07) is 6.74. The number of nitrogens with two attached hydrogens (primary N) is 1. The Balaban J connectivity index is 2.79. The van der Waals surface area contributed by atoms with Gasteiger partial charge in [-0.1, -0.05) is 6.07 Å². The van der Waals surface area contributed by atoms with E-state index in [0.717, 1.165) is 0 Å². The van der Waals surface area contributed by atoms with E-state index >= 15 is 0 Å². The minimum absolute atomic E-state index is 0.534. The molecule has 0 spiro atoms. The number of hydrogen-bond acceptors (Lipinski definition) is 3. The van der Waals surface area contributed by atoms with Crippen LogP contribution < -0.4 is 16.0 Å². The highest BCUT2D eigenvalue weighted by molar-refractivity contribution is 7.80. The van der Waals surface area contributed by atoms with Crippen molar-refractivity contribution in [3.05, 3.63) is 24.3 Å². The van der Waals surface area contributed by atoms with Crippen molar-refractivity contribution in [2.45, 2.75) is 0 Å². The van der Waals surface area contributed by atoms with E-state index in [1.807, 2.05) is 0 Å². The van der Waals surface area contributed by atoms with Gasteiger partial charge < -0.3 is 5.43 Å². The quantitative estimate of drug-likeness (QED) is 0.315. The van der Waals surface area contributed by atoms with Crippen LogP contribution in [0.5, 0.6) is 0 Å². The summed E-state index contributed by atoms with van der Waals surface area (Å²) >= 11 is -2.05. The molecule has 1 rings (SSSR count). The minimum atomic E-state index is -2.05. The van der Waals surface area contributed by atoms with Crippen LogP contribution in [0.3, 0.4) is 0 Å². The maximum absolute atomic E-state index is 10.3. The van der Waals surface area contributed by atoms with Gasteiger partial charge in [-0.25, -0.2) is 4.21 Å². The lowest BCUT2D eigenvalue weighted by atomic mass is 10.3. The van der Waals surface area contributed by atoms with Crippen LogP contribution in [-0.2, 0) is 11.3 Å². The Morgan fingerprint density at radius 2 is 2.08 bits per heavy atom. The summed E-state index contributed by atoms with van der Waals surface area (Å²) in [4.78, 5) is 0. The van der Waals surface area contributed by atoms with Crippen molar-refractivity contribution in [3.8, 4) is 0 Å². The molecule has 66 valence electrons. The molecular weight excluding hydrogens is 178 g/mol. The Bertz CT molecular complexity index is 292. The van der Waals surface area contributed by atoms with E-state index in [1.54, 1.807) is 24.3 Å². The minimum Gasteiger partial charge on any atom is -0.324 e. The van der Waals surface area contributed by atoms with Crippen molar-refractivity contribution in [2.24, 2.45) is 5.84 Å². The molecular formula is C6H9N3O2S. The number of rotatable bonds is 3. The Kier molecular flexibility index (Phi) is 3.03. The standard InChI is InChI=1S/C6H9N3O2S/c7-8-5-2-1-3-6(4-5)9-12(10)11/h1-4,8-9H,7H2,(H,10,11). The molecule has 0 saturated heterocycles. The largest absolute Gasteiger partial charge is 0.324 e. The average molecular weight is 187 g/mol. The Labute approximate surface area is 72.4 Å². The summed E-state index contributed by atoms with van der Waals surface area (Å²) in [5, 5.41) is 0. The third-order valence-corrected chi connectivity index (χ3v) is 1.64. The Hall–Kier alpha value is -1.11. The van der Waals surface area contributed by atoms with Gasteiger partial charge in [0.1, 0.15) is 0 Å². The fourth-order valence-corrected chi connectivity index (χ4v) is 1.10. The zero-order chi connectivity index (χ0) is 8.97. The van der Waals surface area contributed by atoms with Crippen LogP contribution in [0.1, 0.15) is 0 Å². The molecule has 1 atom stereocenters. The molecule has 0 bridgehead atoms. The fraction of sp³-hybridized carbons (Fsp3) is 0. The second-order valence-corrected chi connectivity index (χ2v) is 2.78. The van der Waals surface area contributed by atoms with Crippen LogP contribution in [0.4, 0.5) is 11.4 Å². The first-order valence-corrected chi connectivity index (χ1v) is 4.27. The van der Waals surface area contributed by atoms with E-state index in [4.69, 9.17) is 10.4 Å². The molecule has 0 aliphatic rings. The molecule has 5 nitrogen and oxygen atoms in total. The molecule has 0 radical (unpaired) electrons. The molecule has 1 aromatic carbocycles. The molecule has 0 heterocycles. The third kappa shape index (κ3) is 2.50. The van der Waals surface area contributed by atoms with Crippen molar-refractivity contribution in [3.63, 3.8) is 0 Å². The van der Waals surface area contributed by atoms with Gasteiger partial charge in [0.25, 0.3) is 11.3 Å². The van der Waals surface area contributed by atoms with Crippen molar-refractivity contribution in [1.82, 2.24) is 0 Å². The van der Waals surface area contributed by atoms with Crippen molar-refractivity contribution in [2.75, 3.05) is 10.1 Å². The average Bonchev–Trinajstić information content (AvgIpc) is 2.03. The molecule has 0 fully saturated rings. The molecule has 0 amide bonds. The first kappa shape index (κ1) is 8.98. The zero-order valence-corrected chi connectivity index (χ0v) is 6.97. The van der Waals surface area contributed by atoms with Gasteiger partial charge >= 0.3 is 0 Å². The number of nitrogen functional groups attached to an aromatic ring is 1. The van der Waals surface area contributed by atoms with Crippen LogP contribution in [0.25, 0.3) is 0 Å². The lowest BCUT2D eigenvalue weighted by Gasteiger charge is -2.03. The first-order chi connectivity index (χ1) is 5.72. The van der Waals surface area contributed by atoms with Gasteiger partial charge in [-0.15, -0.1) is 0 Å². The SMILES string of the molecule is NNc1cccc(NS(=O)O)c1. The fourth-order valence-electron chi connectivity index (χ4n) is 0.773. The highest BCUT2D eigenvalue weighted by Gasteiger charge is 1.95. The molecule has 0 aliphatic carbocycles. The second-order valence-electron chi connectivity index (χ2n) is 2.08. The zero-order valence-electron chi connectivity index (χ0n) is 6.15. The van der Waals surface area contributed by atoms with Crippen LogP contribution >= 0.6 is 0 Å². The van der Waals surface area contributed by atoms with Crippen LogP contribution in [0.15, 0.2) is 24.3 Å². The monoisotopic (exact) mass is 187 g/mol. The van der Waals surface area contributed by atoms with Gasteiger partial charge in [0.2, 0.25) is 0 Å². The summed E-state index contributed by atoms with van der Waals surface area (Å²) in [6.07, 6.45) is 0. The van der Waals surface area contributed by atoms with E-state index in [9.17, 15) is 4.21 Å². The van der Waals surface area contributed by atoms with Gasteiger partial charge in [-0.3, -0.25) is 15.1 Å². The first-order valence-electron chi connectivity index (χ1n) is 3.16. The van der Waals surface area contributed by atoms with Gasteiger partial charge in [-0.2, -0.15) is 0 Å². The van der Waals surface area contributed by atoms with Gasteiger partial charge in [0.05, 0.1) is 11.4 Å². The van der Waals surface area contributed by atoms with Gasteiger partial charge in [-0.05, 0) is 18.2 Å². The van der Waals surface area contributed by atoms with Crippen molar-refractivity contribution >= 4 is 22.6 Å². The van der Waals surface area contributed by atoms with Gasteiger partial charge in [0, 0.05) is 0 Å². The summed E-state index contributed by atoms with van der Waals surface area (Å²) in [6.45, 7) is 0. The predicted molar refractivity (Wildman–Crippen MR) is 48.6 cm³/mol. The van der Waals surface area contributed by atoms with E-state index in [0.29, 0.717) is 11.4 Å². The van der Waals surface area contributed by atoms with Gasteiger partial charge in [0.15, 0.2) is 0 Å². The number of hydrazine groups is 1. The van der Waals surface area contributed by atoms with E-state index in [1.165, 1.54) is 0 Å². The molecule has 12 heavy (non-hydrogen) atoms. The van der Waals surface area contributed by atoms with Crippen LogP contribution in [-0.4, -0.2) is 8.76 Å². The Morgan fingerprint density at radius 1 is 1.42 bits per heavy atom. The molecule has 1 aromatic rings.